The molecule has 0 aromatic rings. The van der Waals surface area contributed by atoms with Crippen LogP contribution in [0.2, 0.25) is 36.3 Å². The van der Waals surface area contributed by atoms with Crippen molar-refractivity contribution in [3.05, 3.63) is 24.0 Å². The minimum atomic E-state index is -2.13. The highest BCUT2D eigenvalue weighted by atomic mass is 32.2. The molecule has 0 heterocycles. The summed E-state index contributed by atoms with van der Waals surface area (Å²) in [5.41, 5.74) is -0.922. The van der Waals surface area contributed by atoms with E-state index in [2.05, 4.69) is 67.7 Å². The lowest BCUT2D eigenvalue weighted by atomic mass is 9.95. The summed E-state index contributed by atoms with van der Waals surface area (Å²) in [6, 6.07) is 0. The molecule has 0 aliphatic heterocycles. The van der Waals surface area contributed by atoms with Gasteiger partial charge in [0.1, 0.15) is 0 Å². The molecule has 1 aliphatic carbocycles. The molecule has 1 aliphatic rings. The first-order chi connectivity index (χ1) is 11.5. The van der Waals surface area contributed by atoms with E-state index in [9.17, 15) is 4.79 Å². The van der Waals surface area contributed by atoms with Gasteiger partial charge in [0.05, 0.1) is 0 Å². The summed E-state index contributed by atoms with van der Waals surface area (Å²) in [7, 11) is -4.21. The van der Waals surface area contributed by atoms with Gasteiger partial charge < -0.3 is 8.85 Å². The molecule has 0 saturated heterocycles. The van der Waals surface area contributed by atoms with Gasteiger partial charge in [-0.05, 0) is 54.7 Å². The summed E-state index contributed by atoms with van der Waals surface area (Å²) >= 11 is 1.64. The molecule has 0 aromatic heterocycles. The van der Waals surface area contributed by atoms with Crippen molar-refractivity contribution < 1.29 is 13.6 Å². The quantitative estimate of drug-likeness (QED) is 0.488. The van der Waals surface area contributed by atoms with Crippen LogP contribution in [-0.2, 0) is 13.6 Å². The minimum absolute atomic E-state index is 0.0241. The largest absolute Gasteiger partial charge is 0.541 e. The summed E-state index contributed by atoms with van der Waals surface area (Å²) in [5.74, 6) is 1.04. The Balaban J connectivity index is 3.24. The van der Waals surface area contributed by atoms with E-state index < -0.39 is 22.2 Å². The highest BCUT2D eigenvalue weighted by Crippen LogP contribution is 2.43. The molecule has 1 atom stereocenters. The maximum atomic E-state index is 13.5. The number of allylic oxidation sites excluding steroid dienone is 2. The van der Waals surface area contributed by atoms with Crippen molar-refractivity contribution >= 4 is 34.2 Å². The first-order valence-electron chi connectivity index (χ1n) is 9.32. The average molecular weight is 415 g/mol. The third-order valence-electron chi connectivity index (χ3n) is 5.99. The standard InChI is InChI=1S/C20H38O3SSi2/c1-18(2,3)25(8,9)22-16-13-12-14-20(15-24-7,17(16)21)23-26(10,11)19(4,5)6/h12-14H,15H2,1-11H3. The molecular weight excluding hydrogens is 376 g/mol. The van der Waals surface area contributed by atoms with E-state index in [0.29, 0.717) is 11.5 Å². The molecule has 0 bridgehead atoms. The van der Waals surface area contributed by atoms with Gasteiger partial charge in [0.25, 0.3) is 8.32 Å². The van der Waals surface area contributed by atoms with Crippen LogP contribution in [0.1, 0.15) is 41.5 Å². The molecule has 0 N–H and O–H groups in total. The number of thioether (sulfide) groups is 1. The topological polar surface area (TPSA) is 35.5 Å². The Hall–Kier alpha value is -0.306. The maximum Gasteiger partial charge on any atom is 0.250 e. The van der Waals surface area contributed by atoms with Crippen molar-refractivity contribution in [3.8, 4) is 0 Å². The lowest BCUT2D eigenvalue weighted by Crippen LogP contribution is -2.56. The monoisotopic (exact) mass is 414 g/mol. The van der Waals surface area contributed by atoms with Crippen LogP contribution in [0.25, 0.3) is 0 Å². The Kier molecular flexibility index (Phi) is 6.94. The third-order valence-corrected chi connectivity index (χ3v) is 15.5. The van der Waals surface area contributed by atoms with Gasteiger partial charge in [-0.15, -0.1) is 0 Å². The van der Waals surface area contributed by atoms with Crippen LogP contribution >= 0.6 is 11.8 Å². The van der Waals surface area contributed by atoms with Gasteiger partial charge in [-0.2, -0.15) is 11.8 Å². The highest BCUT2D eigenvalue weighted by Gasteiger charge is 2.50. The minimum Gasteiger partial charge on any atom is -0.541 e. The summed E-state index contributed by atoms with van der Waals surface area (Å²) in [5, 5.41) is 0.0753. The van der Waals surface area contributed by atoms with E-state index in [1.54, 1.807) is 11.8 Å². The first kappa shape index (κ1) is 23.7. The Labute approximate surface area is 167 Å². The molecule has 0 spiro atoms. The predicted molar refractivity (Wildman–Crippen MR) is 120 cm³/mol. The smallest absolute Gasteiger partial charge is 0.250 e. The van der Waals surface area contributed by atoms with Crippen LogP contribution < -0.4 is 0 Å². The first-order valence-corrected chi connectivity index (χ1v) is 16.5. The summed E-state index contributed by atoms with van der Waals surface area (Å²) in [6.07, 6.45) is 7.71. The van der Waals surface area contributed by atoms with Crippen molar-refractivity contribution in [2.45, 2.75) is 83.4 Å². The zero-order chi connectivity index (χ0) is 20.6. The number of rotatable bonds is 6. The molecule has 0 radical (unpaired) electrons. The number of ketones is 1. The van der Waals surface area contributed by atoms with E-state index in [-0.39, 0.29) is 15.9 Å². The van der Waals surface area contributed by atoms with Gasteiger partial charge in [-0.1, -0.05) is 47.6 Å². The molecular formula is C20H38O3SSi2. The normalized spacial score (nSPS) is 22.4. The fourth-order valence-corrected chi connectivity index (χ4v) is 5.49. The molecule has 150 valence electrons. The SMILES string of the molecule is CSCC1(O[Si](C)(C)C(C)(C)C)C=CC=C(O[Si](C)(C)C(C)(C)C)C1=O. The maximum absolute atomic E-state index is 13.5. The zero-order valence-corrected chi connectivity index (χ0v) is 21.4. The summed E-state index contributed by atoms with van der Waals surface area (Å²) < 4.78 is 13.1. The van der Waals surface area contributed by atoms with Crippen LogP contribution in [0.3, 0.4) is 0 Å². The Morgan fingerprint density at radius 2 is 1.50 bits per heavy atom. The molecule has 3 nitrogen and oxygen atoms in total. The Morgan fingerprint density at radius 1 is 1.00 bits per heavy atom. The molecule has 0 amide bonds. The number of hydrogen-bond donors (Lipinski definition) is 0. The predicted octanol–water partition coefficient (Wildman–Crippen LogP) is 6.15. The molecule has 0 fully saturated rings. The van der Waals surface area contributed by atoms with Crippen molar-refractivity contribution in [2.24, 2.45) is 0 Å². The number of hydrogen-bond acceptors (Lipinski definition) is 4. The zero-order valence-electron chi connectivity index (χ0n) is 18.6. The van der Waals surface area contributed by atoms with E-state index in [4.69, 9.17) is 8.85 Å². The molecule has 0 saturated carbocycles. The van der Waals surface area contributed by atoms with E-state index in [0.717, 1.165) is 0 Å². The fourth-order valence-electron chi connectivity index (χ4n) is 2.21. The van der Waals surface area contributed by atoms with Crippen LogP contribution in [0.4, 0.5) is 0 Å². The second kappa shape index (κ2) is 7.61. The van der Waals surface area contributed by atoms with Crippen LogP contribution in [-0.4, -0.2) is 40.0 Å². The van der Waals surface area contributed by atoms with Gasteiger partial charge in [0.2, 0.25) is 5.78 Å². The Morgan fingerprint density at radius 3 is 1.92 bits per heavy atom. The molecule has 6 heteroatoms. The summed E-state index contributed by atoms with van der Waals surface area (Å²) in [6.45, 7) is 21.9. The van der Waals surface area contributed by atoms with E-state index in [1.165, 1.54) is 0 Å². The van der Waals surface area contributed by atoms with Crippen molar-refractivity contribution in [2.75, 3.05) is 12.0 Å². The van der Waals surface area contributed by atoms with Gasteiger partial charge in [-0.25, -0.2) is 0 Å². The van der Waals surface area contributed by atoms with Gasteiger partial charge in [0, 0.05) is 5.75 Å². The Bertz CT molecular complexity index is 595. The number of Topliss-reactive ketones (excluding diaryl/α,β-unsaturated/α-hetero) is 1. The van der Waals surface area contributed by atoms with Crippen LogP contribution in [0.15, 0.2) is 24.0 Å². The van der Waals surface area contributed by atoms with Crippen molar-refractivity contribution in [3.63, 3.8) is 0 Å². The van der Waals surface area contributed by atoms with Crippen molar-refractivity contribution in [1.82, 2.24) is 0 Å². The lowest BCUT2D eigenvalue weighted by molar-refractivity contribution is -0.128. The van der Waals surface area contributed by atoms with Gasteiger partial charge >= 0.3 is 0 Å². The lowest BCUT2D eigenvalue weighted by Gasteiger charge is -2.45. The fraction of sp³-hybridized carbons (Fsp3) is 0.750. The van der Waals surface area contributed by atoms with Gasteiger partial charge in [-0.3, -0.25) is 4.79 Å². The van der Waals surface area contributed by atoms with E-state index in [1.807, 2.05) is 24.5 Å². The molecule has 26 heavy (non-hydrogen) atoms. The number of carbonyl (C=O) groups excluding carboxylic acids is 1. The number of carbonyl (C=O) groups is 1. The van der Waals surface area contributed by atoms with Crippen LogP contribution in [0, 0.1) is 0 Å². The van der Waals surface area contributed by atoms with Crippen LogP contribution in [0.5, 0.6) is 0 Å². The third kappa shape index (κ3) is 4.94. The summed E-state index contributed by atoms with van der Waals surface area (Å²) in [4.78, 5) is 13.5. The second-order valence-electron chi connectivity index (χ2n) is 10.3. The molecule has 1 rings (SSSR count). The second-order valence-corrected chi connectivity index (χ2v) is 20.6. The van der Waals surface area contributed by atoms with Gasteiger partial charge in [0.15, 0.2) is 19.7 Å². The molecule has 1 unspecified atom stereocenters. The highest BCUT2D eigenvalue weighted by molar-refractivity contribution is 7.98. The average Bonchev–Trinajstić information content (AvgIpc) is 2.41. The van der Waals surface area contributed by atoms with Crippen molar-refractivity contribution in [1.29, 1.82) is 0 Å². The van der Waals surface area contributed by atoms with E-state index >= 15 is 0 Å². The molecule has 0 aromatic carbocycles.